The predicted octanol–water partition coefficient (Wildman–Crippen LogP) is 6.72. The minimum absolute atomic E-state index is 1.04. The van der Waals surface area contributed by atoms with Gasteiger partial charge in [-0.2, -0.15) is 0 Å². The van der Waals surface area contributed by atoms with Crippen LogP contribution in [0, 0.1) is 23.7 Å². The van der Waals surface area contributed by atoms with Crippen molar-refractivity contribution in [2.24, 2.45) is 0 Å². The summed E-state index contributed by atoms with van der Waals surface area (Å²) in [6.07, 6.45) is 12.5. The monoisotopic (exact) mass is 354 g/mol. The van der Waals surface area contributed by atoms with Gasteiger partial charge in [0.15, 0.2) is 0 Å². The molecule has 0 unspecified atom stereocenters. The van der Waals surface area contributed by atoms with Crippen LogP contribution in [0.1, 0.15) is 68.2 Å². The molecule has 0 heterocycles. The highest BCUT2D eigenvalue weighted by molar-refractivity contribution is 5.41. The Bertz CT molecular complexity index is 812. The molecule has 0 bridgehead atoms. The van der Waals surface area contributed by atoms with Gasteiger partial charge in [0.05, 0.1) is 0 Å². The largest absolute Gasteiger partial charge is 0.0689 e. The molecule has 0 saturated heterocycles. The second-order valence-electron chi connectivity index (χ2n) is 6.78. The zero-order chi connectivity index (χ0) is 19.2. The van der Waals surface area contributed by atoms with Gasteiger partial charge < -0.3 is 0 Å². The SMILES string of the molecule is CCCCCCCc1ccc(C#CC=CC#Cc2ccc(CC)cc2)cc1. The number of rotatable bonds is 7. The highest BCUT2D eigenvalue weighted by Gasteiger charge is 1.94. The van der Waals surface area contributed by atoms with Crippen molar-refractivity contribution >= 4 is 0 Å². The molecule has 2 aromatic rings. The summed E-state index contributed by atoms with van der Waals surface area (Å²) in [5.74, 6) is 12.4. The van der Waals surface area contributed by atoms with E-state index in [2.05, 4.69) is 86.1 Å². The van der Waals surface area contributed by atoms with Crippen molar-refractivity contribution in [2.45, 2.75) is 58.8 Å². The molecule has 0 N–H and O–H groups in total. The molecule has 0 fully saturated rings. The molecule has 0 aliphatic heterocycles. The maximum Gasteiger partial charge on any atom is 0.0249 e. The molecule has 138 valence electrons. The van der Waals surface area contributed by atoms with E-state index in [1.807, 2.05) is 12.2 Å². The third-order valence-electron chi connectivity index (χ3n) is 4.57. The first-order valence-corrected chi connectivity index (χ1v) is 10.2. The van der Waals surface area contributed by atoms with E-state index in [0.717, 1.165) is 17.5 Å². The fourth-order valence-electron chi connectivity index (χ4n) is 2.84. The summed E-state index contributed by atoms with van der Waals surface area (Å²) in [4.78, 5) is 0. The summed E-state index contributed by atoms with van der Waals surface area (Å²) in [5.41, 5.74) is 4.84. The molecule has 2 rings (SSSR count). The molecule has 0 spiro atoms. The lowest BCUT2D eigenvalue weighted by molar-refractivity contribution is 0.632. The molecular formula is C27H30. The van der Waals surface area contributed by atoms with Gasteiger partial charge in [-0.3, -0.25) is 0 Å². The van der Waals surface area contributed by atoms with Gasteiger partial charge in [-0.1, -0.05) is 87.5 Å². The van der Waals surface area contributed by atoms with Crippen LogP contribution in [0.3, 0.4) is 0 Å². The maximum absolute atomic E-state index is 3.17. The standard InChI is InChI=1S/C27H30/c1-3-5-6-7-10-13-26-20-22-27(23-21-26)15-12-9-8-11-14-25-18-16-24(4-2)17-19-25/h8-9,16-23H,3-7,10,13H2,1-2H3. The smallest absolute Gasteiger partial charge is 0.0249 e. The summed E-state index contributed by atoms with van der Waals surface area (Å²) >= 11 is 0. The first-order valence-electron chi connectivity index (χ1n) is 10.2. The van der Waals surface area contributed by atoms with Crippen LogP contribution in [-0.2, 0) is 12.8 Å². The second-order valence-corrected chi connectivity index (χ2v) is 6.78. The van der Waals surface area contributed by atoms with Crippen LogP contribution >= 0.6 is 0 Å². The molecule has 0 aliphatic carbocycles. The van der Waals surface area contributed by atoms with Crippen LogP contribution in [0.15, 0.2) is 60.7 Å². The highest BCUT2D eigenvalue weighted by atomic mass is 14.0. The van der Waals surface area contributed by atoms with Crippen molar-refractivity contribution in [3.8, 4) is 23.7 Å². The fourth-order valence-corrected chi connectivity index (χ4v) is 2.84. The number of allylic oxidation sites excluding steroid dienone is 2. The van der Waals surface area contributed by atoms with Gasteiger partial charge in [-0.05, 0) is 66.8 Å². The van der Waals surface area contributed by atoms with Crippen molar-refractivity contribution in [3.05, 3.63) is 82.9 Å². The van der Waals surface area contributed by atoms with E-state index in [9.17, 15) is 0 Å². The van der Waals surface area contributed by atoms with E-state index < -0.39 is 0 Å². The minimum Gasteiger partial charge on any atom is -0.0689 e. The molecule has 0 heteroatoms. The molecule has 27 heavy (non-hydrogen) atoms. The first-order chi connectivity index (χ1) is 13.3. The van der Waals surface area contributed by atoms with Crippen LogP contribution < -0.4 is 0 Å². The van der Waals surface area contributed by atoms with E-state index in [-0.39, 0.29) is 0 Å². The van der Waals surface area contributed by atoms with Crippen molar-refractivity contribution in [2.75, 3.05) is 0 Å². The Kier molecular flexibility index (Phi) is 9.63. The van der Waals surface area contributed by atoms with Crippen LogP contribution in [0.2, 0.25) is 0 Å². The number of unbranched alkanes of at least 4 members (excludes halogenated alkanes) is 4. The Labute approximate surface area is 165 Å². The van der Waals surface area contributed by atoms with Crippen molar-refractivity contribution in [1.82, 2.24) is 0 Å². The summed E-state index contributed by atoms with van der Waals surface area (Å²) in [6.45, 7) is 4.41. The number of hydrogen-bond donors (Lipinski definition) is 0. The van der Waals surface area contributed by atoms with Gasteiger partial charge >= 0.3 is 0 Å². The maximum atomic E-state index is 3.17. The van der Waals surface area contributed by atoms with Gasteiger partial charge in [-0.15, -0.1) is 0 Å². The summed E-state index contributed by atoms with van der Waals surface area (Å²) < 4.78 is 0. The minimum atomic E-state index is 1.04. The molecule has 2 aromatic carbocycles. The van der Waals surface area contributed by atoms with Crippen molar-refractivity contribution in [1.29, 1.82) is 0 Å². The third kappa shape index (κ3) is 8.48. The van der Waals surface area contributed by atoms with Crippen LogP contribution in [0.4, 0.5) is 0 Å². The zero-order valence-corrected chi connectivity index (χ0v) is 16.7. The topological polar surface area (TPSA) is 0 Å². The normalized spacial score (nSPS) is 10.1. The van der Waals surface area contributed by atoms with E-state index in [1.54, 1.807) is 0 Å². The molecule has 0 aromatic heterocycles. The molecule has 0 radical (unpaired) electrons. The Morgan fingerprint density at radius 3 is 1.67 bits per heavy atom. The van der Waals surface area contributed by atoms with E-state index >= 15 is 0 Å². The summed E-state index contributed by atoms with van der Waals surface area (Å²) in [5, 5.41) is 0. The van der Waals surface area contributed by atoms with Gasteiger partial charge in [0, 0.05) is 11.1 Å². The lowest BCUT2D eigenvalue weighted by Crippen LogP contribution is -1.86. The van der Waals surface area contributed by atoms with Crippen LogP contribution in [0.25, 0.3) is 0 Å². The van der Waals surface area contributed by atoms with E-state index in [0.29, 0.717) is 0 Å². The molecular weight excluding hydrogens is 324 g/mol. The van der Waals surface area contributed by atoms with Crippen molar-refractivity contribution in [3.63, 3.8) is 0 Å². The third-order valence-corrected chi connectivity index (χ3v) is 4.57. The Balaban J connectivity index is 1.78. The molecule has 0 nitrogen and oxygen atoms in total. The molecule has 0 saturated carbocycles. The lowest BCUT2D eigenvalue weighted by atomic mass is 10.0. The van der Waals surface area contributed by atoms with E-state index in [4.69, 9.17) is 0 Å². The summed E-state index contributed by atoms with van der Waals surface area (Å²) in [6, 6.07) is 17.0. The van der Waals surface area contributed by atoms with E-state index in [1.165, 1.54) is 49.7 Å². The van der Waals surface area contributed by atoms with Gasteiger partial charge in [0.2, 0.25) is 0 Å². The Hall–Kier alpha value is -2.70. The average Bonchev–Trinajstić information content (AvgIpc) is 2.72. The van der Waals surface area contributed by atoms with Crippen LogP contribution in [0.5, 0.6) is 0 Å². The number of benzene rings is 2. The first kappa shape index (κ1) is 20.6. The second kappa shape index (κ2) is 12.6. The Morgan fingerprint density at radius 1 is 0.630 bits per heavy atom. The number of aryl methyl sites for hydroxylation is 2. The zero-order valence-electron chi connectivity index (χ0n) is 16.7. The van der Waals surface area contributed by atoms with Gasteiger partial charge in [0.1, 0.15) is 0 Å². The van der Waals surface area contributed by atoms with Gasteiger partial charge in [-0.25, -0.2) is 0 Å². The van der Waals surface area contributed by atoms with Gasteiger partial charge in [0.25, 0.3) is 0 Å². The highest BCUT2D eigenvalue weighted by Crippen LogP contribution is 2.10. The molecule has 0 atom stereocenters. The average molecular weight is 355 g/mol. The number of hydrogen-bond acceptors (Lipinski definition) is 0. The molecule has 0 amide bonds. The quantitative estimate of drug-likeness (QED) is 0.382. The Morgan fingerprint density at radius 2 is 1.15 bits per heavy atom. The van der Waals surface area contributed by atoms with Crippen molar-refractivity contribution < 1.29 is 0 Å². The fraction of sp³-hybridized carbons (Fsp3) is 0.333. The lowest BCUT2D eigenvalue weighted by Gasteiger charge is -2.01. The summed E-state index contributed by atoms with van der Waals surface area (Å²) in [7, 11) is 0. The predicted molar refractivity (Wildman–Crippen MR) is 118 cm³/mol. The van der Waals surface area contributed by atoms with Crippen LogP contribution in [-0.4, -0.2) is 0 Å². The molecule has 0 aliphatic rings.